The van der Waals surface area contributed by atoms with Crippen LogP contribution in [-0.2, 0) is 0 Å². The Hall–Kier alpha value is -2.57. The van der Waals surface area contributed by atoms with Crippen LogP contribution in [0.5, 0.6) is 5.88 Å². The van der Waals surface area contributed by atoms with E-state index in [0.29, 0.717) is 11.6 Å². The van der Waals surface area contributed by atoms with E-state index >= 15 is 0 Å². The average molecular weight is 281 g/mol. The SMILES string of the molecule is COc1nccnc1C(NN)c1cccc2ncccc12. The van der Waals surface area contributed by atoms with Crippen LogP contribution < -0.4 is 16.0 Å². The molecule has 0 aliphatic carbocycles. The molecule has 3 rings (SSSR count). The first-order valence-corrected chi connectivity index (χ1v) is 6.50. The Morgan fingerprint density at radius 3 is 2.71 bits per heavy atom. The number of pyridine rings is 1. The molecule has 2 heterocycles. The Bertz CT molecular complexity index is 756. The molecule has 0 amide bonds. The van der Waals surface area contributed by atoms with Crippen LogP contribution in [0.3, 0.4) is 0 Å². The van der Waals surface area contributed by atoms with Crippen LogP contribution >= 0.6 is 0 Å². The quantitative estimate of drug-likeness (QED) is 0.558. The van der Waals surface area contributed by atoms with E-state index in [1.54, 1.807) is 25.7 Å². The molecule has 0 saturated heterocycles. The molecular weight excluding hydrogens is 266 g/mol. The molecule has 0 radical (unpaired) electrons. The fourth-order valence-corrected chi connectivity index (χ4v) is 2.39. The van der Waals surface area contributed by atoms with Gasteiger partial charge in [-0.15, -0.1) is 0 Å². The van der Waals surface area contributed by atoms with Crippen LogP contribution in [0.2, 0.25) is 0 Å². The van der Waals surface area contributed by atoms with Crippen molar-refractivity contribution in [3.63, 3.8) is 0 Å². The van der Waals surface area contributed by atoms with Crippen molar-refractivity contribution in [1.29, 1.82) is 0 Å². The van der Waals surface area contributed by atoms with Crippen LogP contribution in [0, 0.1) is 0 Å². The van der Waals surface area contributed by atoms with E-state index < -0.39 is 0 Å². The van der Waals surface area contributed by atoms with Crippen LogP contribution in [0.25, 0.3) is 10.9 Å². The largest absolute Gasteiger partial charge is 0.480 e. The first-order chi connectivity index (χ1) is 10.3. The van der Waals surface area contributed by atoms with Gasteiger partial charge in [0, 0.05) is 24.0 Å². The maximum atomic E-state index is 5.76. The maximum absolute atomic E-state index is 5.76. The van der Waals surface area contributed by atoms with Crippen molar-refractivity contribution < 1.29 is 4.74 Å². The molecule has 6 nitrogen and oxygen atoms in total. The number of aromatic nitrogens is 3. The lowest BCUT2D eigenvalue weighted by Gasteiger charge is -2.19. The number of nitrogens with zero attached hydrogens (tertiary/aromatic N) is 3. The molecule has 3 N–H and O–H groups in total. The van der Waals surface area contributed by atoms with E-state index in [1.165, 1.54) is 0 Å². The van der Waals surface area contributed by atoms with Crippen molar-refractivity contribution in [3.05, 3.63) is 60.2 Å². The zero-order valence-corrected chi connectivity index (χ0v) is 11.5. The molecular formula is C15H15N5O. The first kappa shape index (κ1) is 13.4. The average Bonchev–Trinajstić information content (AvgIpc) is 2.56. The zero-order valence-electron chi connectivity index (χ0n) is 11.5. The third-order valence-corrected chi connectivity index (χ3v) is 3.32. The Kier molecular flexibility index (Phi) is 3.72. The number of nitrogens with two attached hydrogens (primary N) is 1. The lowest BCUT2D eigenvalue weighted by Crippen LogP contribution is -2.30. The number of nitrogens with one attached hydrogen (secondary N) is 1. The van der Waals surface area contributed by atoms with Crippen LogP contribution in [0.15, 0.2) is 48.9 Å². The highest BCUT2D eigenvalue weighted by Crippen LogP contribution is 2.30. The molecule has 0 fully saturated rings. The topological polar surface area (TPSA) is 86.0 Å². The third-order valence-electron chi connectivity index (χ3n) is 3.32. The van der Waals surface area contributed by atoms with Gasteiger partial charge in [-0.25, -0.2) is 10.4 Å². The summed E-state index contributed by atoms with van der Waals surface area (Å²) in [7, 11) is 1.56. The number of benzene rings is 1. The van der Waals surface area contributed by atoms with Gasteiger partial charge in [0.1, 0.15) is 5.69 Å². The van der Waals surface area contributed by atoms with E-state index in [2.05, 4.69) is 20.4 Å². The minimum atomic E-state index is -0.332. The van der Waals surface area contributed by atoms with Crippen molar-refractivity contribution >= 4 is 10.9 Å². The van der Waals surface area contributed by atoms with Gasteiger partial charge in [-0.2, -0.15) is 0 Å². The molecule has 1 aromatic carbocycles. The Morgan fingerprint density at radius 2 is 1.90 bits per heavy atom. The molecule has 0 spiro atoms. The summed E-state index contributed by atoms with van der Waals surface area (Å²) >= 11 is 0. The van der Waals surface area contributed by atoms with E-state index in [1.807, 2.05) is 30.3 Å². The van der Waals surface area contributed by atoms with Crippen LogP contribution in [-0.4, -0.2) is 22.1 Å². The van der Waals surface area contributed by atoms with Gasteiger partial charge in [0.15, 0.2) is 0 Å². The van der Waals surface area contributed by atoms with Gasteiger partial charge in [-0.1, -0.05) is 18.2 Å². The molecule has 0 bridgehead atoms. The second-order valence-electron chi connectivity index (χ2n) is 4.47. The summed E-state index contributed by atoms with van der Waals surface area (Å²) in [5, 5.41) is 1.01. The van der Waals surface area contributed by atoms with Crippen molar-refractivity contribution in [2.24, 2.45) is 5.84 Å². The minimum Gasteiger partial charge on any atom is -0.480 e. The summed E-state index contributed by atoms with van der Waals surface area (Å²) in [6.45, 7) is 0. The van der Waals surface area contributed by atoms with Crippen molar-refractivity contribution in [2.75, 3.05) is 7.11 Å². The molecule has 3 aromatic rings. The fourth-order valence-electron chi connectivity index (χ4n) is 2.39. The van der Waals surface area contributed by atoms with Crippen LogP contribution in [0.1, 0.15) is 17.3 Å². The molecule has 0 aliphatic heterocycles. The van der Waals surface area contributed by atoms with Gasteiger partial charge in [0.25, 0.3) is 0 Å². The number of hydrogen-bond acceptors (Lipinski definition) is 6. The van der Waals surface area contributed by atoms with Gasteiger partial charge in [0.2, 0.25) is 5.88 Å². The molecule has 2 aromatic heterocycles. The highest BCUT2D eigenvalue weighted by molar-refractivity contribution is 5.82. The molecule has 1 atom stereocenters. The van der Waals surface area contributed by atoms with Gasteiger partial charge in [0.05, 0.1) is 18.7 Å². The second kappa shape index (κ2) is 5.82. The minimum absolute atomic E-state index is 0.332. The number of methoxy groups -OCH3 is 1. The first-order valence-electron chi connectivity index (χ1n) is 6.50. The maximum Gasteiger partial charge on any atom is 0.237 e. The molecule has 21 heavy (non-hydrogen) atoms. The Labute approximate surface area is 122 Å². The van der Waals surface area contributed by atoms with E-state index in [4.69, 9.17) is 10.6 Å². The number of hydrogen-bond donors (Lipinski definition) is 2. The predicted octanol–water partition coefficient (Wildman–Crippen LogP) is 1.59. The summed E-state index contributed by atoms with van der Waals surface area (Å²) in [6, 6.07) is 9.46. The van der Waals surface area contributed by atoms with E-state index in [-0.39, 0.29) is 6.04 Å². The lowest BCUT2D eigenvalue weighted by atomic mass is 9.99. The van der Waals surface area contributed by atoms with Gasteiger partial charge in [-0.05, 0) is 17.7 Å². The lowest BCUT2D eigenvalue weighted by molar-refractivity contribution is 0.383. The second-order valence-corrected chi connectivity index (χ2v) is 4.47. The standard InChI is InChI=1S/C15H15N5O/c1-21-15-14(18-8-9-19-15)13(20-16)11-4-2-6-12-10(11)5-3-7-17-12/h2-9,13,20H,16H2,1H3. The van der Waals surface area contributed by atoms with Crippen LogP contribution in [0.4, 0.5) is 0 Å². The van der Waals surface area contributed by atoms with Crippen molar-refractivity contribution in [2.45, 2.75) is 6.04 Å². The summed E-state index contributed by atoms with van der Waals surface area (Å²) in [5.74, 6) is 6.20. The van der Waals surface area contributed by atoms with E-state index in [0.717, 1.165) is 16.5 Å². The summed E-state index contributed by atoms with van der Waals surface area (Å²) in [6.07, 6.45) is 4.96. The zero-order chi connectivity index (χ0) is 14.7. The van der Waals surface area contributed by atoms with Gasteiger partial charge in [-0.3, -0.25) is 15.8 Å². The van der Waals surface area contributed by atoms with E-state index in [9.17, 15) is 0 Å². The monoisotopic (exact) mass is 281 g/mol. The van der Waals surface area contributed by atoms with Gasteiger partial charge >= 0.3 is 0 Å². The summed E-state index contributed by atoms with van der Waals surface area (Å²) in [4.78, 5) is 12.9. The fraction of sp³-hybridized carbons (Fsp3) is 0.133. The third kappa shape index (κ3) is 2.42. The molecule has 0 saturated carbocycles. The van der Waals surface area contributed by atoms with Crippen molar-refractivity contribution in [1.82, 2.24) is 20.4 Å². The summed E-state index contributed by atoms with van der Waals surface area (Å²) < 4.78 is 5.28. The Balaban J connectivity index is 2.19. The smallest absolute Gasteiger partial charge is 0.237 e. The molecule has 106 valence electrons. The summed E-state index contributed by atoms with van der Waals surface area (Å²) in [5.41, 5.74) is 5.30. The number of hydrazine groups is 1. The highest BCUT2D eigenvalue weighted by atomic mass is 16.5. The van der Waals surface area contributed by atoms with Gasteiger partial charge < -0.3 is 4.74 Å². The molecule has 1 unspecified atom stereocenters. The molecule has 0 aliphatic rings. The number of rotatable bonds is 4. The van der Waals surface area contributed by atoms with Crippen molar-refractivity contribution in [3.8, 4) is 5.88 Å². The Morgan fingerprint density at radius 1 is 1.05 bits per heavy atom. The normalized spacial score (nSPS) is 12.3. The highest BCUT2D eigenvalue weighted by Gasteiger charge is 2.21. The number of ether oxygens (including phenoxy) is 1. The molecule has 6 heteroatoms. The predicted molar refractivity (Wildman–Crippen MR) is 79.5 cm³/mol. The number of fused-ring (bicyclic) bond motifs is 1.